The van der Waals surface area contributed by atoms with Crippen LogP contribution in [0.4, 0.5) is 22.7 Å². The van der Waals surface area contributed by atoms with Crippen LogP contribution in [0.15, 0.2) is 72.8 Å². The van der Waals surface area contributed by atoms with E-state index in [1.807, 2.05) is 74.5 Å². The maximum Gasteiger partial charge on any atom is 0.237 e. The summed E-state index contributed by atoms with van der Waals surface area (Å²) < 4.78 is 2.38. The molecule has 6 aliphatic rings. The number of nitrogens with one attached hydrogen (secondary N) is 2. The van der Waals surface area contributed by atoms with Crippen LogP contribution in [-0.2, 0) is 716 Å². The van der Waals surface area contributed by atoms with E-state index in [0.717, 1.165) is 72.4 Å². The maximum atomic E-state index is 12.2. The number of amides is 4. The van der Waals surface area contributed by atoms with Gasteiger partial charge in [0.05, 0.1) is 23.7 Å². The van der Waals surface area contributed by atoms with Crippen LogP contribution in [0.2, 0.25) is 0 Å². The number of rotatable bonds is 0. The van der Waals surface area contributed by atoms with Crippen molar-refractivity contribution in [2.45, 2.75) is 123 Å². The number of anilines is 4. The van der Waals surface area contributed by atoms with Crippen LogP contribution in [0.1, 0.15) is 117 Å². The molecule has 433 valence electrons. The smallest absolute Gasteiger partial charge is 0.237 e. The Morgan fingerprint density at radius 2 is 0.818 bits per heavy atom. The van der Waals surface area contributed by atoms with E-state index < -0.39 is 0 Å². The van der Waals surface area contributed by atoms with Gasteiger partial charge in [-0.05, 0) is 129 Å². The molecule has 2 fully saturated rings. The number of fused-ring (bicyclic) bond motifs is 6. The molecule has 4 aliphatic heterocycles. The number of halogens is 4. The Balaban J connectivity index is -0.0000000338. The molecule has 0 saturated heterocycles. The Hall–Kier alpha value is 20.3. The second kappa shape index (κ2) is 88.2. The van der Waals surface area contributed by atoms with E-state index in [0.29, 0.717) is 18.2 Å². The van der Waals surface area contributed by atoms with Crippen LogP contribution in [0.3, 0.4) is 0 Å². The summed E-state index contributed by atoms with van der Waals surface area (Å²) >= 11 is 9.22. The standard InChI is InChI=1S/C13H15NO.C12H13NO.C10H11NO.C9H9NO.2C3H6.C2H3I3.C2H4I.CH4.V.20Y/c1-9-4-5-10-11(8-9)14(2)12(15)13(10)6-3-7-13;1-8-3-4-9-10(7-8)13-11(14)12(9)5-2-6-12;1-7-3-4-8-6-10(12)11(2)9(8)5-7;1-6-2-3-7-5-9(11)10-8(7)4-6;2*1-3-2;1-2(3,4)5;1-2-3;;;;;;;;;;;;;;;;;;;;;;/h4-5,8H,3,6-7H2,1-2H3;3-4,7H,2,5-6H2,1H3,(H,13,14);3-5H,6H2,1-2H3;2-4H,5H2,1H3,(H,10,11);2*1-3H2;1H3;2H,1H3;1H4;;;;;;;;;;;;;;;;;;;;;/q;;;;2*-2;;-1;;;;;;;;;;;;;;;;;;;;;;. The quantitative estimate of drug-likeness (QED) is 0.104. The van der Waals surface area contributed by atoms with Crippen molar-refractivity contribution in [3.8, 4) is 0 Å². The van der Waals surface area contributed by atoms with Gasteiger partial charge < -0.3 is 83.6 Å². The number of nitrogens with zero attached hydrogens (tertiary/aromatic N) is 2. The molecule has 21 radical (unpaired) electrons. The molecule has 4 aromatic carbocycles. The number of hydrogen-bond donors (Lipinski definition) is 2. The first-order valence-electron chi connectivity index (χ1n) is 22.2. The zero-order chi connectivity index (χ0) is 49.6. The summed E-state index contributed by atoms with van der Waals surface area (Å²) in [5.41, 5.74) is 13.5. The number of benzene rings is 4. The van der Waals surface area contributed by atoms with Gasteiger partial charge in [0.15, 0.2) is 0 Å². The first-order chi connectivity index (χ1) is 31.0. The Labute approximate surface area is 1100 Å². The van der Waals surface area contributed by atoms with Crippen LogP contribution < -0.4 is 20.4 Å². The molecule has 2 N–H and O–H groups in total. The molecule has 0 unspecified atom stereocenters. The van der Waals surface area contributed by atoms with Gasteiger partial charge in [0.25, 0.3) is 0 Å². The van der Waals surface area contributed by atoms with E-state index in [4.69, 9.17) is 0 Å². The van der Waals surface area contributed by atoms with Crippen molar-refractivity contribution in [3.05, 3.63) is 149 Å². The summed E-state index contributed by atoms with van der Waals surface area (Å²) in [7, 11) is 3.72. The summed E-state index contributed by atoms with van der Waals surface area (Å²) in [6.45, 7) is 25.8. The van der Waals surface area contributed by atoms with Crippen LogP contribution in [0, 0.1) is 59.8 Å². The number of carbonyl (C=O) groups excluding carboxylic acids is 4. The van der Waals surface area contributed by atoms with Crippen LogP contribution in [0.25, 0.3) is 0 Å². The summed E-state index contributed by atoms with van der Waals surface area (Å²) in [6.07, 6.45) is 9.08. The predicted octanol–water partition coefficient (Wildman–Crippen LogP) is 15.0. The first kappa shape index (κ1) is 160. The van der Waals surface area contributed by atoms with Gasteiger partial charge in [-0.15, -0.1) is 0 Å². The maximum absolute atomic E-state index is 12.2. The molecule has 2 aliphatic carbocycles. The van der Waals surface area contributed by atoms with Crippen molar-refractivity contribution < 1.29 is 692 Å². The fourth-order valence-corrected chi connectivity index (χ4v) is 8.33. The Kier molecular flexibility index (Phi) is 160. The molecule has 88 heavy (non-hydrogen) atoms. The molecule has 2 saturated carbocycles. The largest absolute Gasteiger partial charge is 0.372 e. The van der Waals surface area contributed by atoms with Gasteiger partial charge in [0, 0.05) is 710 Å². The van der Waals surface area contributed by atoms with E-state index in [1.165, 1.54) is 46.2 Å². The van der Waals surface area contributed by atoms with Gasteiger partial charge in [-0.3, -0.25) is 23.6 Å². The van der Waals surface area contributed by atoms with Crippen molar-refractivity contribution in [1.82, 2.24) is 0 Å². The van der Waals surface area contributed by atoms with Crippen molar-refractivity contribution in [1.29, 1.82) is 0 Å². The molecule has 4 aromatic rings. The summed E-state index contributed by atoms with van der Waals surface area (Å²) in [6, 6.07) is 24.8. The van der Waals surface area contributed by atoms with Crippen LogP contribution >= 0.6 is 90.4 Å². The molecule has 0 bridgehead atoms. The molecule has 0 aromatic heterocycles. The van der Waals surface area contributed by atoms with E-state index in [2.05, 4.69) is 192 Å². The van der Waals surface area contributed by atoms with E-state index >= 15 is 0 Å². The minimum absolute atomic E-state index is 0. The summed E-state index contributed by atoms with van der Waals surface area (Å²) in [4.78, 5) is 49.8. The summed E-state index contributed by atoms with van der Waals surface area (Å²) in [5.74, 6) is 0.805. The number of likely N-dealkylation sites (N-methyl/N-ethyl adjacent to an activating group) is 2. The Morgan fingerprint density at radius 1 is 0.500 bits per heavy atom. The van der Waals surface area contributed by atoms with E-state index in [1.54, 1.807) is 4.90 Å². The minimum atomic E-state index is -0.150. The van der Waals surface area contributed by atoms with E-state index in [9.17, 15) is 19.2 Å². The van der Waals surface area contributed by atoms with Gasteiger partial charge in [-0.2, -0.15) is 6.92 Å². The second-order valence-corrected chi connectivity index (χ2v) is 31.0. The number of carbonyl (C=O) groups is 4. The molecule has 10 rings (SSSR count). The third kappa shape index (κ3) is 56.6. The predicted molar refractivity (Wildman–Crippen MR) is 319 cm³/mol. The molecule has 8 nitrogen and oxygen atoms in total. The minimum Gasteiger partial charge on any atom is -0.372 e. The van der Waals surface area contributed by atoms with Crippen molar-refractivity contribution >= 4 is 137 Å². The zero-order valence-electron chi connectivity index (χ0n) is 51.9. The fourth-order valence-electron chi connectivity index (χ4n) is 8.33. The average Bonchev–Trinajstić information content (AvgIpc) is 3.88. The molecule has 0 atom stereocenters. The van der Waals surface area contributed by atoms with Gasteiger partial charge in [-0.25, -0.2) is 0 Å². The molecule has 4 heterocycles. The third-order valence-corrected chi connectivity index (χ3v) is 11.7. The molecular weight excluding hydrogens is 3120 g/mol. The van der Waals surface area contributed by atoms with Crippen LogP contribution in [-0.4, -0.2) is 37.2 Å². The zero-order valence-corrected chi connectivity index (χ0v) is 119. The summed E-state index contributed by atoms with van der Waals surface area (Å²) in [5, 5.41) is 5.79. The number of hydrogen-bond acceptors (Lipinski definition) is 4. The van der Waals surface area contributed by atoms with Gasteiger partial charge in [-0.1, -0.05) is 137 Å². The molecular formula is C55H71I4N4O4VY20-5. The van der Waals surface area contributed by atoms with E-state index in [-0.39, 0.29) is 709 Å². The third-order valence-electron chi connectivity index (χ3n) is 11.7. The van der Waals surface area contributed by atoms with Gasteiger partial charge in [0.2, 0.25) is 23.6 Å². The van der Waals surface area contributed by atoms with Crippen molar-refractivity contribution in [2.75, 3.05) is 34.5 Å². The number of alkyl halides is 3. The van der Waals surface area contributed by atoms with Gasteiger partial charge >= 0.3 is 0 Å². The topological polar surface area (TPSA) is 98.8 Å². The normalized spacial score (nSPS) is 12.3. The van der Waals surface area contributed by atoms with Gasteiger partial charge in [0.1, 0.15) is -0.565 Å². The Bertz CT molecular complexity index is 2360. The fraction of sp³-hybridized carbons (Fsp3) is 0.400. The second-order valence-electron chi connectivity index (χ2n) is 17.1. The molecule has 4 amide bonds. The van der Waals surface area contributed by atoms with Crippen LogP contribution in [0.5, 0.6) is 0 Å². The monoisotopic (exact) mass is 3190 g/mol. The molecule has 33 heteroatoms. The van der Waals surface area contributed by atoms with Crippen molar-refractivity contribution in [3.63, 3.8) is 0 Å². The SMILES string of the molecule is C.CC(I)(I)I.C[CH-]I.Cc1ccc2c(c1)N(C)C(=O)C2.Cc1ccc2c(c1)N(C)C(=O)C21CCC1.Cc1ccc2c(c1)NC(=O)C2.Cc1ccc2c(c1)NC(=O)C21CCC1.[CH2-]C[CH2-].[CH2-]C[CH2-].[V].[Y].[Y].[Y].[Y].[Y].[Y].[Y].[Y].[Y].[Y].[Y].[Y].[Y].[Y].[Y].[Y].[Y].[Y].[Y].[Y]. The van der Waals surface area contributed by atoms with Crippen molar-refractivity contribution in [2.24, 2.45) is 0 Å². The average molecular weight is 3190 g/mol. The first-order valence-corrected chi connectivity index (χ1v) is 26.7. The Morgan fingerprint density at radius 3 is 1.18 bits per heavy atom. The molecule has 2 spiro atoms. The number of aryl methyl sites for hydroxylation is 4.